The highest BCUT2D eigenvalue weighted by atomic mass is 79.9. The standard InChI is InChI=1S/C28H21BrN2O2/c29-28-23(10-5-11-26(28)22-8-2-1-3-9-22)17-31-25-13-12-24(18-32)27(15-25)33-19-21-7-4-6-20(14-21)16-30/h1-15,18,31H,17,19H2. The fourth-order valence-electron chi connectivity index (χ4n) is 3.51. The molecule has 0 bridgehead atoms. The molecular formula is C28H21BrN2O2. The number of ether oxygens (including phenoxy) is 1. The predicted octanol–water partition coefficient (Wildman–Crippen LogP) is 6.99. The Morgan fingerprint density at radius 2 is 1.76 bits per heavy atom. The Hall–Kier alpha value is -3.88. The van der Waals surface area contributed by atoms with Gasteiger partial charge >= 0.3 is 0 Å². The fraction of sp³-hybridized carbons (Fsp3) is 0.0714. The molecule has 4 rings (SSSR count). The molecule has 0 saturated heterocycles. The topological polar surface area (TPSA) is 62.1 Å². The minimum atomic E-state index is 0.268. The number of carbonyl (C=O) groups excluding carboxylic acids is 1. The maximum atomic E-state index is 11.5. The van der Waals surface area contributed by atoms with Crippen molar-refractivity contribution in [3.8, 4) is 22.9 Å². The molecule has 4 aromatic carbocycles. The van der Waals surface area contributed by atoms with E-state index in [9.17, 15) is 4.79 Å². The first-order chi connectivity index (χ1) is 16.2. The van der Waals surface area contributed by atoms with Gasteiger partial charge in [0.1, 0.15) is 12.4 Å². The molecule has 0 aromatic heterocycles. The van der Waals surface area contributed by atoms with E-state index in [2.05, 4.69) is 51.6 Å². The minimum absolute atomic E-state index is 0.268. The van der Waals surface area contributed by atoms with Crippen LogP contribution in [0.25, 0.3) is 11.1 Å². The van der Waals surface area contributed by atoms with Gasteiger partial charge in [-0.2, -0.15) is 5.26 Å². The Balaban J connectivity index is 1.49. The number of hydrogen-bond donors (Lipinski definition) is 1. The van der Waals surface area contributed by atoms with E-state index in [0.29, 0.717) is 23.4 Å². The van der Waals surface area contributed by atoms with Gasteiger partial charge in [-0.25, -0.2) is 0 Å². The van der Waals surface area contributed by atoms with E-state index in [4.69, 9.17) is 10.00 Å². The third-order valence-corrected chi connectivity index (χ3v) is 6.17. The van der Waals surface area contributed by atoms with Crippen molar-refractivity contribution in [2.45, 2.75) is 13.2 Å². The Morgan fingerprint density at radius 3 is 2.55 bits per heavy atom. The molecule has 0 atom stereocenters. The summed E-state index contributed by atoms with van der Waals surface area (Å²) in [6.45, 7) is 0.871. The van der Waals surface area contributed by atoms with Crippen molar-refractivity contribution in [3.63, 3.8) is 0 Å². The summed E-state index contributed by atoms with van der Waals surface area (Å²) < 4.78 is 6.96. The molecule has 33 heavy (non-hydrogen) atoms. The van der Waals surface area contributed by atoms with Crippen LogP contribution in [0.1, 0.15) is 27.0 Å². The number of nitrogens with one attached hydrogen (secondary N) is 1. The number of anilines is 1. The maximum Gasteiger partial charge on any atom is 0.153 e. The van der Waals surface area contributed by atoms with Crippen LogP contribution in [0.3, 0.4) is 0 Å². The minimum Gasteiger partial charge on any atom is -0.488 e. The van der Waals surface area contributed by atoms with Crippen LogP contribution >= 0.6 is 15.9 Å². The molecule has 162 valence electrons. The number of hydrogen-bond acceptors (Lipinski definition) is 4. The van der Waals surface area contributed by atoms with E-state index in [1.54, 1.807) is 18.2 Å². The van der Waals surface area contributed by atoms with E-state index in [0.717, 1.165) is 38.7 Å². The quantitative estimate of drug-likeness (QED) is 0.267. The second-order valence-electron chi connectivity index (χ2n) is 7.47. The van der Waals surface area contributed by atoms with Crippen molar-refractivity contribution in [2.75, 3.05) is 5.32 Å². The van der Waals surface area contributed by atoms with Gasteiger partial charge in [0, 0.05) is 22.8 Å². The highest BCUT2D eigenvalue weighted by Gasteiger charge is 2.09. The summed E-state index contributed by atoms with van der Waals surface area (Å²) in [6.07, 6.45) is 0.782. The van der Waals surface area contributed by atoms with Crippen molar-refractivity contribution >= 4 is 27.9 Å². The summed E-state index contributed by atoms with van der Waals surface area (Å²) in [7, 11) is 0. The lowest BCUT2D eigenvalue weighted by molar-refractivity contribution is 0.111. The number of halogens is 1. The molecule has 0 aliphatic rings. The molecule has 4 nitrogen and oxygen atoms in total. The maximum absolute atomic E-state index is 11.5. The molecule has 0 aliphatic carbocycles. The van der Waals surface area contributed by atoms with Crippen LogP contribution < -0.4 is 10.1 Å². The van der Waals surface area contributed by atoms with Gasteiger partial charge in [-0.05, 0) is 62.4 Å². The molecule has 5 heteroatoms. The third-order valence-electron chi connectivity index (χ3n) is 5.24. The molecule has 0 saturated carbocycles. The van der Waals surface area contributed by atoms with Crippen LogP contribution in [-0.4, -0.2) is 6.29 Å². The van der Waals surface area contributed by atoms with E-state index in [1.807, 2.05) is 48.5 Å². The summed E-state index contributed by atoms with van der Waals surface area (Å²) in [5, 5.41) is 12.5. The molecule has 0 unspecified atom stereocenters. The van der Waals surface area contributed by atoms with Crippen LogP contribution in [0, 0.1) is 11.3 Å². The molecule has 0 radical (unpaired) electrons. The molecule has 0 amide bonds. The lowest BCUT2D eigenvalue weighted by atomic mass is 10.0. The molecule has 4 aromatic rings. The van der Waals surface area contributed by atoms with Crippen molar-refractivity contribution < 1.29 is 9.53 Å². The Labute approximate surface area is 201 Å². The molecule has 0 fully saturated rings. The normalized spacial score (nSPS) is 10.3. The first-order valence-electron chi connectivity index (χ1n) is 10.5. The Kier molecular flexibility index (Phi) is 7.19. The zero-order chi connectivity index (χ0) is 23.0. The van der Waals surface area contributed by atoms with E-state index < -0.39 is 0 Å². The average Bonchev–Trinajstić information content (AvgIpc) is 2.87. The Bertz CT molecular complexity index is 1310. The van der Waals surface area contributed by atoms with Gasteiger partial charge in [-0.1, -0.05) is 60.7 Å². The van der Waals surface area contributed by atoms with Gasteiger partial charge in [-0.3, -0.25) is 4.79 Å². The van der Waals surface area contributed by atoms with E-state index in [1.165, 1.54) is 0 Å². The van der Waals surface area contributed by atoms with Gasteiger partial charge < -0.3 is 10.1 Å². The van der Waals surface area contributed by atoms with Crippen LogP contribution in [-0.2, 0) is 13.2 Å². The average molecular weight is 497 g/mol. The van der Waals surface area contributed by atoms with Crippen LogP contribution in [0.5, 0.6) is 5.75 Å². The van der Waals surface area contributed by atoms with Gasteiger partial charge in [-0.15, -0.1) is 0 Å². The number of carbonyl (C=O) groups is 1. The predicted molar refractivity (Wildman–Crippen MR) is 134 cm³/mol. The highest BCUT2D eigenvalue weighted by Crippen LogP contribution is 2.32. The molecule has 0 heterocycles. The number of benzene rings is 4. The first-order valence-corrected chi connectivity index (χ1v) is 11.2. The number of rotatable bonds is 8. The van der Waals surface area contributed by atoms with Crippen LogP contribution in [0.15, 0.2) is 95.5 Å². The number of nitrogens with zero attached hydrogens (tertiary/aromatic N) is 1. The van der Waals surface area contributed by atoms with E-state index in [-0.39, 0.29) is 6.61 Å². The summed E-state index contributed by atoms with van der Waals surface area (Å²) in [4.78, 5) is 11.5. The fourth-order valence-corrected chi connectivity index (χ4v) is 4.15. The summed E-state index contributed by atoms with van der Waals surface area (Å²) in [5.74, 6) is 0.495. The second-order valence-corrected chi connectivity index (χ2v) is 8.26. The molecule has 1 N–H and O–H groups in total. The Morgan fingerprint density at radius 1 is 0.939 bits per heavy atom. The number of nitriles is 1. The monoisotopic (exact) mass is 496 g/mol. The van der Waals surface area contributed by atoms with Crippen molar-refractivity contribution in [2.24, 2.45) is 0 Å². The van der Waals surface area contributed by atoms with Crippen LogP contribution in [0.2, 0.25) is 0 Å². The molecular weight excluding hydrogens is 476 g/mol. The summed E-state index contributed by atoms with van der Waals surface area (Å²) in [6, 6.07) is 31.2. The van der Waals surface area contributed by atoms with Crippen LogP contribution in [0.4, 0.5) is 5.69 Å². The van der Waals surface area contributed by atoms with Gasteiger partial charge in [0.2, 0.25) is 0 Å². The zero-order valence-electron chi connectivity index (χ0n) is 17.8. The molecule has 0 aliphatic heterocycles. The highest BCUT2D eigenvalue weighted by molar-refractivity contribution is 9.10. The van der Waals surface area contributed by atoms with Crippen molar-refractivity contribution in [3.05, 3.63) is 118 Å². The summed E-state index contributed by atoms with van der Waals surface area (Å²) in [5.41, 5.74) is 6.16. The SMILES string of the molecule is N#Cc1cccc(COc2cc(NCc3cccc(-c4ccccc4)c3Br)ccc2C=O)c1. The zero-order valence-corrected chi connectivity index (χ0v) is 19.4. The van der Waals surface area contributed by atoms with Crippen molar-refractivity contribution in [1.82, 2.24) is 0 Å². The largest absolute Gasteiger partial charge is 0.488 e. The number of aldehydes is 1. The smallest absolute Gasteiger partial charge is 0.153 e. The molecule has 0 spiro atoms. The van der Waals surface area contributed by atoms with Crippen molar-refractivity contribution in [1.29, 1.82) is 5.26 Å². The van der Waals surface area contributed by atoms with Gasteiger partial charge in [0.15, 0.2) is 6.29 Å². The van der Waals surface area contributed by atoms with Gasteiger partial charge in [0.05, 0.1) is 17.2 Å². The van der Waals surface area contributed by atoms with E-state index >= 15 is 0 Å². The second kappa shape index (κ2) is 10.6. The third kappa shape index (κ3) is 5.49. The first kappa shape index (κ1) is 22.3. The summed E-state index contributed by atoms with van der Waals surface area (Å²) >= 11 is 3.76. The lowest BCUT2D eigenvalue weighted by Crippen LogP contribution is -2.03. The lowest BCUT2D eigenvalue weighted by Gasteiger charge is -2.14. The van der Waals surface area contributed by atoms with Gasteiger partial charge in [0.25, 0.3) is 0 Å².